The second-order valence-corrected chi connectivity index (χ2v) is 8.47. The minimum atomic E-state index is -0.141. The van der Waals surface area contributed by atoms with Crippen LogP contribution in [0.2, 0.25) is 0 Å². The van der Waals surface area contributed by atoms with Crippen molar-refractivity contribution >= 4 is 28.8 Å². The molecule has 4 rings (SSSR count). The molecule has 6 nitrogen and oxygen atoms in total. The Morgan fingerprint density at radius 1 is 1.41 bits per heavy atom. The van der Waals surface area contributed by atoms with E-state index in [-0.39, 0.29) is 29.9 Å². The lowest BCUT2D eigenvalue weighted by Gasteiger charge is -2.51. The number of aromatic nitrogens is 1. The fraction of sp³-hybridized carbons (Fsp3) is 0.450. The first-order chi connectivity index (χ1) is 13.0. The first kappa shape index (κ1) is 18.1. The first-order valence-electron chi connectivity index (χ1n) is 9.41. The van der Waals surface area contributed by atoms with Crippen LogP contribution in [0.25, 0.3) is 11.3 Å². The number of hydrogen-bond donors (Lipinski definition) is 3. The summed E-state index contributed by atoms with van der Waals surface area (Å²) in [7, 11) is 0. The Balaban J connectivity index is 1.35. The molecular formula is C20H24N4O2S. The number of piperidine rings is 1. The minimum absolute atomic E-state index is 0.0759. The summed E-state index contributed by atoms with van der Waals surface area (Å²) >= 11 is 1.61. The van der Waals surface area contributed by atoms with Crippen LogP contribution in [0.15, 0.2) is 29.6 Å². The minimum Gasteiger partial charge on any atom is -0.349 e. The Kier molecular flexibility index (Phi) is 4.97. The van der Waals surface area contributed by atoms with E-state index in [1.807, 2.05) is 36.6 Å². The lowest BCUT2D eigenvalue weighted by molar-refractivity contribution is -0.128. The zero-order chi connectivity index (χ0) is 18.9. The van der Waals surface area contributed by atoms with E-state index in [9.17, 15) is 9.59 Å². The number of rotatable bonds is 5. The molecule has 2 aromatic rings. The Hall–Kier alpha value is -2.25. The molecule has 3 N–H and O–H groups in total. The second-order valence-electron chi connectivity index (χ2n) is 7.41. The van der Waals surface area contributed by atoms with Gasteiger partial charge in [-0.1, -0.05) is 12.1 Å². The Bertz CT molecular complexity index is 859. The number of nitrogens with zero attached hydrogens (tertiary/aromatic N) is 1. The Morgan fingerprint density at radius 2 is 2.26 bits per heavy atom. The van der Waals surface area contributed by atoms with E-state index >= 15 is 0 Å². The van der Waals surface area contributed by atoms with Crippen molar-refractivity contribution in [2.24, 2.45) is 0 Å². The van der Waals surface area contributed by atoms with Crippen molar-refractivity contribution < 1.29 is 9.59 Å². The molecular weight excluding hydrogens is 360 g/mol. The molecule has 142 valence electrons. The van der Waals surface area contributed by atoms with Crippen molar-refractivity contribution in [3.63, 3.8) is 0 Å². The number of anilines is 1. The van der Waals surface area contributed by atoms with Gasteiger partial charge in [0.05, 0.1) is 22.8 Å². The summed E-state index contributed by atoms with van der Waals surface area (Å²) in [5.74, 6) is 0.0549. The van der Waals surface area contributed by atoms with Crippen LogP contribution in [0.5, 0.6) is 0 Å². The number of benzene rings is 1. The largest absolute Gasteiger partial charge is 0.349 e. The van der Waals surface area contributed by atoms with E-state index in [1.165, 1.54) is 0 Å². The van der Waals surface area contributed by atoms with Gasteiger partial charge in [0.1, 0.15) is 0 Å². The highest BCUT2D eigenvalue weighted by molar-refractivity contribution is 7.09. The third-order valence-electron chi connectivity index (χ3n) is 5.53. The third-order valence-corrected chi connectivity index (χ3v) is 6.30. The molecule has 7 heteroatoms. The van der Waals surface area contributed by atoms with Crippen molar-refractivity contribution in [2.75, 3.05) is 11.9 Å². The summed E-state index contributed by atoms with van der Waals surface area (Å²) in [4.78, 5) is 28.6. The van der Waals surface area contributed by atoms with Gasteiger partial charge in [0.2, 0.25) is 11.8 Å². The zero-order valence-electron chi connectivity index (χ0n) is 15.4. The highest BCUT2D eigenvalue weighted by atomic mass is 32.1. The number of thiazole rings is 1. The van der Waals surface area contributed by atoms with Gasteiger partial charge >= 0.3 is 0 Å². The maximum Gasteiger partial charge on any atom is 0.238 e. The van der Waals surface area contributed by atoms with Crippen LogP contribution in [0, 0.1) is 6.92 Å². The van der Waals surface area contributed by atoms with Crippen LogP contribution in [0.1, 0.15) is 37.1 Å². The smallest absolute Gasteiger partial charge is 0.238 e. The van der Waals surface area contributed by atoms with Gasteiger partial charge in [0, 0.05) is 29.1 Å². The summed E-state index contributed by atoms with van der Waals surface area (Å²) in [6.07, 6.45) is 4.43. The molecule has 2 aliphatic rings. The number of nitrogens with one attached hydrogen (secondary N) is 3. The maximum atomic E-state index is 12.4. The molecule has 1 spiro atoms. The average Bonchev–Trinajstić information content (AvgIpc) is 3.06. The van der Waals surface area contributed by atoms with E-state index in [4.69, 9.17) is 0 Å². The molecule has 1 saturated heterocycles. The second kappa shape index (κ2) is 7.40. The fourth-order valence-corrected chi connectivity index (χ4v) is 4.60. The molecule has 2 fully saturated rings. The van der Waals surface area contributed by atoms with Crippen LogP contribution < -0.4 is 16.0 Å². The van der Waals surface area contributed by atoms with Crippen molar-refractivity contribution in [3.8, 4) is 11.3 Å². The Labute approximate surface area is 162 Å². The molecule has 27 heavy (non-hydrogen) atoms. The highest BCUT2D eigenvalue weighted by Crippen LogP contribution is 2.38. The van der Waals surface area contributed by atoms with Crippen LogP contribution in [0.4, 0.5) is 5.69 Å². The Morgan fingerprint density at radius 3 is 2.96 bits per heavy atom. The molecule has 1 aromatic heterocycles. The van der Waals surface area contributed by atoms with Gasteiger partial charge < -0.3 is 16.0 Å². The van der Waals surface area contributed by atoms with Crippen molar-refractivity contribution in [1.82, 2.24) is 15.6 Å². The topological polar surface area (TPSA) is 83.1 Å². The third kappa shape index (κ3) is 3.89. The summed E-state index contributed by atoms with van der Waals surface area (Å²) in [5.41, 5.74) is 2.54. The zero-order valence-corrected chi connectivity index (χ0v) is 16.2. The average molecular weight is 385 g/mol. The standard InChI is InChI=1S/C20H24N4O2S/c1-13-22-16(12-27-13)14-4-2-5-15(10-14)23-19(26)11-21-17-6-7-18(25)24-20(17)8-3-9-20/h2,4-5,10,12,17,21H,3,6-9,11H2,1H3,(H,23,26)(H,24,25). The molecule has 1 atom stereocenters. The molecule has 1 aliphatic heterocycles. The lowest BCUT2D eigenvalue weighted by atomic mass is 9.68. The van der Waals surface area contributed by atoms with Gasteiger partial charge in [0.25, 0.3) is 0 Å². The highest BCUT2D eigenvalue weighted by Gasteiger charge is 2.47. The van der Waals surface area contributed by atoms with E-state index in [1.54, 1.807) is 11.3 Å². The predicted molar refractivity (Wildman–Crippen MR) is 107 cm³/mol. The molecule has 0 radical (unpaired) electrons. The number of aryl methyl sites for hydroxylation is 1. The first-order valence-corrected chi connectivity index (χ1v) is 10.3. The SMILES string of the molecule is Cc1nc(-c2cccc(NC(=O)CNC3CCC(=O)NC34CCC4)c2)cs1. The van der Waals surface area contributed by atoms with E-state index < -0.39 is 0 Å². The van der Waals surface area contributed by atoms with Gasteiger partial charge in [-0.3, -0.25) is 9.59 Å². The number of carbonyl (C=O) groups is 2. The fourth-order valence-electron chi connectivity index (χ4n) is 3.98. The summed E-state index contributed by atoms with van der Waals surface area (Å²) in [6, 6.07) is 7.91. The molecule has 2 heterocycles. The van der Waals surface area contributed by atoms with Crippen molar-refractivity contribution in [2.45, 2.75) is 50.6 Å². The molecule has 1 aromatic carbocycles. The number of carbonyl (C=O) groups excluding carboxylic acids is 2. The van der Waals surface area contributed by atoms with Gasteiger partial charge in [0.15, 0.2) is 0 Å². The summed E-state index contributed by atoms with van der Waals surface area (Å²) in [5, 5.41) is 12.5. The molecule has 1 saturated carbocycles. The monoisotopic (exact) mass is 384 g/mol. The number of hydrogen-bond acceptors (Lipinski definition) is 5. The quantitative estimate of drug-likeness (QED) is 0.740. The molecule has 0 bridgehead atoms. The van der Waals surface area contributed by atoms with Gasteiger partial charge in [-0.15, -0.1) is 11.3 Å². The van der Waals surface area contributed by atoms with Crippen LogP contribution in [-0.4, -0.2) is 34.9 Å². The maximum absolute atomic E-state index is 12.4. The van der Waals surface area contributed by atoms with Gasteiger partial charge in [-0.2, -0.15) is 0 Å². The van der Waals surface area contributed by atoms with Crippen LogP contribution in [0.3, 0.4) is 0 Å². The summed E-state index contributed by atoms with van der Waals surface area (Å²) < 4.78 is 0. The lowest BCUT2D eigenvalue weighted by Crippen LogP contribution is -2.68. The van der Waals surface area contributed by atoms with E-state index in [0.29, 0.717) is 6.42 Å². The van der Waals surface area contributed by atoms with Crippen molar-refractivity contribution in [1.29, 1.82) is 0 Å². The predicted octanol–water partition coefficient (Wildman–Crippen LogP) is 2.85. The van der Waals surface area contributed by atoms with Crippen LogP contribution in [-0.2, 0) is 9.59 Å². The molecule has 1 unspecified atom stereocenters. The van der Waals surface area contributed by atoms with Crippen molar-refractivity contribution in [3.05, 3.63) is 34.7 Å². The van der Waals surface area contributed by atoms with E-state index in [2.05, 4.69) is 20.9 Å². The van der Waals surface area contributed by atoms with E-state index in [0.717, 1.165) is 47.6 Å². The molecule has 1 aliphatic carbocycles. The van der Waals surface area contributed by atoms with Gasteiger partial charge in [-0.05, 0) is 44.7 Å². The normalized spacial score (nSPS) is 20.8. The van der Waals surface area contributed by atoms with Gasteiger partial charge in [-0.25, -0.2) is 4.98 Å². The van der Waals surface area contributed by atoms with Crippen LogP contribution >= 0.6 is 11.3 Å². The number of amides is 2. The summed E-state index contributed by atoms with van der Waals surface area (Å²) in [6.45, 7) is 2.22. The molecule has 2 amide bonds.